The van der Waals surface area contributed by atoms with Gasteiger partial charge in [0.25, 0.3) is 11.8 Å². The molecule has 9 nitrogen and oxygen atoms in total. The quantitative estimate of drug-likeness (QED) is 0.577. The summed E-state index contributed by atoms with van der Waals surface area (Å²) in [5.74, 6) is -0.196. The number of β-amino-alcohol motifs (C(OH)–C–C–N with tert-alkyl or cyclic N) is 1. The van der Waals surface area contributed by atoms with E-state index in [1.807, 2.05) is 49.1 Å². The van der Waals surface area contributed by atoms with E-state index in [2.05, 4.69) is 0 Å². The normalized spacial score (nSPS) is 27.3. The molecule has 0 radical (unpaired) electrons. The highest BCUT2D eigenvalue weighted by molar-refractivity contribution is 6.00. The number of hydrogen-bond donors (Lipinski definition) is 2. The van der Waals surface area contributed by atoms with Crippen LogP contribution in [-0.4, -0.2) is 93.4 Å². The van der Waals surface area contributed by atoms with Crippen LogP contribution in [0.5, 0.6) is 0 Å². The summed E-state index contributed by atoms with van der Waals surface area (Å²) in [6.45, 7) is 4.67. The fourth-order valence-electron chi connectivity index (χ4n) is 7.62. The van der Waals surface area contributed by atoms with Gasteiger partial charge in [-0.05, 0) is 67.0 Å². The van der Waals surface area contributed by atoms with Crippen molar-refractivity contribution in [1.82, 2.24) is 14.7 Å². The van der Waals surface area contributed by atoms with E-state index in [0.717, 1.165) is 42.4 Å². The van der Waals surface area contributed by atoms with Crippen molar-refractivity contribution >= 4 is 17.9 Å². The first kappa shape index (κ1) is 27.7. The van der Waals surface area contributed by atoms with E-state index >= 15 is 0 Å². The van der Waals surface area contributed by atoms with Crippen LogP contribution in [0, 0.1) is 0 Å². The molecule has 6 rings (SSSR count). The molecule has 2 bridgehead atoms. The predicted octanol–water partition coefficient (Wildman–Crippen LogP) is 3.67. The molecule has 218 valence electrons. The van der Waals surface area contributed by atoms with Crippen LogP contribution in [0.3, 0.4) is 0 Å². The summed E-state index contributed by atoms with van der Waals surface area (Å²) in [6.07, 6.45) is 2.16. The van der Waals surface area contributed by atoms with Gasteiger partial charge in [0.15, 0.2) is 0 Å². The fourth-order valence-corrected chi connectivity index (χ4v) is 7.62. The minimum Gasteiger partial charge on any atom is -0.465 e. The number of hydrogen-bond acceptors (Lipinski definition) is 5. The van der Waals surface area contributed by atoms with Crippen LogP contribution in [0.4, 0.5) is 4.79 Å². The second-order valence-corrected chi connectivity index (χ2v) is 12.8. The van der Waals surface area contributed by atoms with Crippen LogP contribution in [0.2, 0.25) is 0 Å². The Morgan fingerprint density at radius 1 is 1.07 bits per heavy atom. The average molecular weight is 562 g/mol. The monoisotopic (exact) mass is 561 g/mol. The van der Waals surface area contributed by atoms with Gasteiger partial charge in [-0.15, -0.1) is 0 Å². The van der Waals surface area contributed by atoms with Crippen molar-refractivity contribution in [3.8, 4) is 0 Å². The summed E-state index contributed by atoms with van der Waals surface area (Å²) in [6, 6.07) is 12.8. The molecule has 5 atom stereocenters. The lowest BCUT2D eigenvalue weighted by molar-refractivity contribution is 0.00808. The van der Waals surface area contributed by atoms with Crippen molar-refractivity contribution in [2.75, 3.05) is 20.2 Å². The van der Waals surface area contributed by atoms with Gasteiger partial charge in [0.2, 0.25) is 0 Å². The first-order valence-corrected chi connectivity index (χ1v) is 14.6. The zero-order valence-corrected chi connectivity index (χ0v) is 24.0. The number of rotatable bonds is 5. The topological polar surface area (TPSA) is 111 Å². The van der Waals surface area contributed by atoms with E-state index in [1.165, 1.54) is 4.90 Å². The summed E-state index contributed by atoms with van der Waals surface area (Å²) >= 11 is 0. The largest absolute Gasteiger partial charge is 0.465 e. The van der Waals surface area contributed by atoms with E-state index < -0.39 is 23.7 Å². The molecule has 2 N–H and O–H groups in total. The van der Waals surface area contributed by atoms with Crippen LogP contribution in [0.15, 0.2) is 42.5 Å². The van der Waals surface area contributed by atoms with E-state index in [9.17, 15) is 24.6 Å². The van der Waals surface area contributed by atoms with E-state index in [-0.39, 0.29) is 43.1 Å². The maximum Gasteiger partial charge on any atom is 0.407 e. The van der Waals surface area contributed by atoms with Gasteiger partial charge in [0, 0.05) is 55.4 Å². The lowest BCUT2D eigenvalue weighted by Gasteiger charge is -2.43. The molecule has 9 heteroatoms. The molecule has 2 saturated heterocycles. The number of aliphatic hydroxyl groups is 1. The van der Waals surface area contributed by atoms with Crippen molar-refractivity contribution in [2.24, 2.45) is 0 Å². The maximum atomic E-state index is 13.7. The van der Waals surface area contributed by atoms with Gasteiger partial charge in [-0.25, -0.2) is 4.79 Å². The Kier molecular flexibility index (Phi) is 7.06. The molecule has 2 fully saturated rings. The molecular formula is C32H39N3O6. The second-order valence-electron chi connectivity index (χ2n) is 12.8. The highest BCUT2D eigenvalue weighted by Crippen LogP contribution is 2.39. The molecule has 4 aliphatic rings. The molecular weight excluding hydrogens is 522 g/mol. The minimum absolute atomic E-state index is 0.0160. The fraction of sp³-hybridized carbons (Fsp3) is 0.531. The highest BCUT2D eigenvalue weighted by atomic mass is 16.5. The Morgan fingerprint density at radius 2 is 1.76 bits per heavy atom. The van der Waals surface area contributed by atoms with Gasteiger partial charge in [-0.2, -0.15) is 0 Å². The first-order chi connectivity index (χ1) is 19.6. The first-order valence-electron chi connectivity index (χ1n) is 14.6. The molecule has 0 spiro atoms. The van der Waals surface area contributed by atoms with Gasteiger partial charge in [0.05, 0.1) is 18.2 Å². The highest BCUT2D eigenvalue weighted by Gasteiger charge is 2.45. The maximum absolute atomic E-state index is 13.7. The number of benzene rings is 2. The van der Waals surface area contributed by atoms with Gasteiger partial charge in [-0.1, -0.05) is 38.1 Å². The van der Waals surface area contributed by atoms with E-state index in [0.29, 0.717) is 24.1 Å². The Hall–Kier alpha value is -3.43. The van der Waals surface area contributed by atoms with Gasteiger partial charge < -0.3 is 24.7 Å². The minimum atomic E-state index is -1.09. The van der Waals surface area contributed by atoms with Crippen LogP contribution in [-0.2, 0) is 23.1 Å². The Bertz CT molecular complexity index is 1360. The third-order valence-corrected chi connectivity index (χ3v) is 9.74. The van der Waals surface area contributed by atoms with Crippen molar-refractivity contribution < 1.29 is 29.3 Å². The molecule has 4 aliphatic heterocycles. The molecule has 0 aliphatic carbocycles. The number of amides is 3. The van der Waals surface area contributed by atoms with Crippen molar-refractivity contribution in [1.29, 1.82) is 0 Å². The van der Waals surface area contributed by atoms with Gasteiger partial charge >= 0.3 is 6.09 Å². The number of ether oxygens (including phenoxy) is 1. The Morgan fingerprint density at radius 3 is 2.41 bits per heavy atom. The molecule has 3 amide bonds. The van der Waals surface area contributed by atoms with Crippen molar-refractivity contribution in [3.63, 3.8) is 0 Å². The summed E-state index contributed by atoms with van der Waals surface area (Å²) in [5, 5.41) is 21.2. The van der Waals surface area contributed by atoms with E-state index in [1.54, 1.807) is 24.1 Å². The smallest absolute Gasteiger partial charge is 0.407 e. The second kappa shape index (κ2) is 10.4. The summed E-state index contributed by atoms with van der Waals surface area (Å²) < 4.78 is 5.60. The van der Waals surface area contributed by atoms with Crippen LogP contribution < -0.4 is 0 Å². The Balaban J connectivity index is 1.21. The molecule has 2 aromatic carbocycles. The number of carbonyl (C=O) groups is 3. The molecule has 0 saturated carbocycles. The predicted molar refractivity (Wildman–Crippen MR) is 152 cm³/mol. The number of carbonyl (C=O) groups excluding carboxylic acids is 2. The molecule has 4 heterocycles. The number of fused-ring (bicyclic) bond motifs is 4. The zero-order valence-electron chi connectivity index (χ0n) is 24.0. The summed E-state index contributed by atoms with van der Waals surface area (Å²) in [7, 11) is 1.74. The number of carboxylic acid groups (broad SMARTS) is 1. The lowest BCUT2D eigenvalue weighted by Crippen LogP contribution is -2.56. The molecule has 41 heavy (non-hydrogen) atoms. The average Bonchev–Trinajstić information content (AvgIpc) is 3.22. The lowest BCUT2D eigenvalue weighted by atomic mass is 9.77. The van der Waals surface area contributed by atoms with Gasteiger partial charge in [0.1, 0.15) is 0 Å². The molecule has 0 aromatic heterocycles. The zero-order chi connectivity index (χ0) is 29.1. The van der Waals surface area contributed by atoms with Crippen molar-refractivity contribution in [2.45, 2.75) is 88.2 Å². The van der Waals surface area contributed by atoms with Crippen LogP contribution >= 0.6 is 0 Å². The SMILES string of the molecule is CO[C@H]1C[C@H]2CC[C@@H](C1)N2C(=O)c1ccc2c(c1)C(C)(C)CN(C[C@H](O)[C@@H]1Cc3ccccc3CN1C(=O)O)C2=O. The van der Waals surface area contributed by atoms with E-state index in [4.69, 9.17) is 4.74 Å². The van der Waals surface area contributed by atoms with Crippen molar-refractivity contribution in [3.05, 3.63) is 70.3 Å². The van der Waals surface area contributed by atoms with Crippen LogP contribution in [0.1, 0.15) is 76.9 Å². The number of piperidine rings is 1. The molecule has 0 unspecified atom stereocenters. The molecule has 2 aromatic rings. The third kappa shape index (κ3) is 4.89. The number of nitrogens with zero attached hydrogens (tertiary/aromatic N) is 3. The summed E-state index contributed by atoms with van der Waals surface area (Å²) in [5.41, 5.74) is 3.44. The number of methoxy groups -OCH3 is 1. The summed E-state index contributed by atoms with van der Waals surface area (Å²) in [4.78, 5) is 44.4. The van der Waals surface area contributed by atoms with Gasteiger partial charge in [-0.3, -0.25) is 14.5 Å². The Labute approximate surface area is 240 Å². The van der Waals surface area contributed by atoms with Crippen LogP contribution in [0.25, 0.3) is 0 Å². The standard InChI is InChI=1S/C32H39N3O6/c1-32(2)18-33(17-28(36)27-13-19-6-4-5-7-21(19)16-34(27)31(39)40)30(38)25-11-8-20(12-26(25)32)29(37)35-22-9-10-23(35)15-24(14-22)41-3/h4-8,11-12,22-24,27-28,36H,9-10,13-18H2,1-3H3,(H,39,40)/t22-,23+,24+,27-,28-/m0/s1. The number of aliphatic hydroxyl groups excluding tert-OH is 1. The third-order valence-electron chi connectivity index (χ3n) is 9.74.